The molecule has 1 aliphatic carbocycles. The van der Waals surface area contributed by atoms with Gasteiger partial charge in [-0.05, 0) is 61.8 Å². The standard InChI is InChI=1S/C15H18BrNO3S/c16-11-4-6-14-13(9-11)12-5-3-10(8-15(12)17-14)2-1-7-21(18,19)20/h4,6,9-10,17H,1-3,5,7-8H2,(H,18,19,20). The van der Waals surface area contributed by atoms with Gasteiger partial charge in [0.1, 0.15) is 0 Å². The van der Waals surface area contributed by atoms with Gasteiger partial charge in [-0.2, -0.15) is 8.42 Å². The van der Waals surface area contributed by atoms with Crippen molar-refractivity contribution in [3.63, 3.8) is 0 Å². The van der Waals surface area contributed by atoms with Crippen LogP contribution >= 0.6 is 15.9 Å². The quantitative estimate of drug-likeness (QED) is 0.804. The molecule has 2 aromatic rings. The van der Waals surface area contributed by atoms with E-state index < -0.39 is 10.1 Å². The highest BCUT2D eigenvalue weighted by molar-refractivity contribution is 9.10. The summed E-state index contributed by atoms with van der Waals surface area (Å²) < 4.78 is 31.4. The van der Waals surface area contributed by atoms with Crippen LogP contribution in [0.2, 0.25) is 0 Å². The van der Waals surface area contributed by atoms with Crippen LogP contribution in [0.3, 0.4) is 0 Å². The van der Waals surface area contributed by atoms with E-state index in [4.69, 9.17) is 4.55 Å². The summed E-state index contributed by atoms with van der Waals surface area (Å²) in [7, 11) is -3.82. The molecule has 114 valence electrons. The number of halogens is 1. The molecular weight excluding hydrogens is 354 g/mol. The third kappa shape index (κ3) is 3.49. The molecule has 3 rings (SSSR count). The molecule has 0 aliphatic heterocycles. The lowest BCUT2D eigenvalue weighted by Crippen LogP contribution is -2.15. The van der Waals surface area contributed by atoms with Gasteiger partial charge < -0.3 is 4.98 Å². The van der Waals surface area contributed by atoms with Crippen LogP contribution in [0, 0.1) is 5.92 Å². The Morgan fingerprint density at radius 2 is 2.19 bits per heavy atom. The van der Waals surface area contributed by atoms with E-state index in [1.54, 1.807) is 0 Å². The van der Waals surface area contributed by atoms with Gasteiger partial charge in [0.15, 0.2) is 0 Å². The van der Waals surface area contributed by atoms with Crippen molar-refractivity contribution < 1.29 is 13.0 Å². The molecule has 2 N–H and O–H groups in total. The average molecular weight is 372 g/mol. The Bertz CT molecular complexity index is 767. The van der Waals surface area contributed by atoms with Crippen LogP contribution in [-0.2, 0) is 23.0 Å². The Morgan fingerprint density at radius 1 is 1.38 bits per heavy atom. The highest BCUT2D eigenvalue weighted by atomic mass is 79.9. The average Bonchev–Trinajstić information content (AvgIpc) is 2.74. The number of hydrogen-bond donors (Lipinski definition) is 2. The number of aryl methyl sites for hydroxylation is 1. The lowest BCUT2D eigenvalue weighted by molar-refractivity contribution is 0.415. The summed E-state index contributed by atoms with van der Waals surface area (Å²) in [4.78, 5) is 3.49. The second kappa shape index (κ2) is 5.74. The molecule has 1 unspecified atom stereocenters. The molecule has 1 heterocycles. The highest BCUT2D eigenvalue weighted by Gasteiger charge is 2.22. The number of nitrogens with one attached hydrogen (secondary N) is 1. The van der Waals surface area contributed by atoms with Gasteiger partial charge in [0.25, 0.3) is 10.1 Å². The van der Waals surface area contributed by atoms with Crippen molar-refractivity contribution in [1.82, 2.24) is 4.98 Å². The minimum Gasteiger partial charge on any atom is -0.358 e. The first-order valence-corrected chi connectivity index (χ1v) is 9.57. The maximum Gasteiger partial charge on any atom is 0.264 e. The predicted octanol–water partition coefficient (Wildman–Crippen LogP) is 3.70. The molecule has 0 spiro atoms. The molecule has 6 heteroatoms. The van der Waals surface area contributed by atoms with Crippen molar-refractivity contribution in [3.8, 4) is 0 Å². The number of fused-ring (bicyclic) bond motifs is 3. The fourth-order valence-electron chi connectivity index (χ4n) is 3.28. The van der Waals surface area contributed by atoms with Crippen molar-refractivity contribution in [3.05, 3.63) is 33.9 Å². The van der Waals surface area contributed by atoms with E-state index in [9.17, 15) is 8.42 Å². The van der Waals surface area contributed by atoms with Crippen molar-refractivity contribution in [2.75, 3.05) is 5.75 Å². The number of benzene rings is 1. The van der Waals surface area contributed by atoms with E-state index >= 15 is 0 Å². The van der Waals surface area contributed by atoms with E-state index in [1.165, 1.54) is 22.2 Å². The largest absolute Gasteiger partial charge is 0.358 e. The maximum atomic E-state index is 10.8. The normalized spacial score (nSPS) is 18.9. The van der Waals surface area contributed by atoms with Crippen LogP contribution in [0.25, 0.3) is 10.9 Å². The summed E-state index contributed by atoms with van der Waals surface area (Å²) in [6, 6.07) is 6.28. The number of H-pyrrole nitrogens is 1. The Balaban J connectivity index is 1.72. The smallest absolute Gasteiger partial charge is 0.264 e. The molecule has 0 amide bonds. The van der Waals surface area contributed by atoms with Crippen LogP contribution < -0.4 is 0 Å². The Labute approximate surface area is 132 Å². The monoisotopic (exact) mass is 371 g/mol. The zero-order chi connectivity index (χ0) is 15.0. The number of hydrogen-bond acceptors (Lipinski definition) is 2. The Hall–Kier alpha value is -0.850. The van der Waals surface area contributed by atoms with Gasteiger partial charge in [0.05, 0.1) is 5.75 Å². The minimum atomic E-state index is -3.82. The third-order valence-electron chi connectivity index (χ3n) is 4.27. The molecule has 1 aromatic carbocycles. The Kier molecular flexibility index (Phi) is 4.12. The van der Waals surface area contributed by atoms with Gasteiger partial charge in [0.2, 0.25) is 0 Å². The van der Waals surface area contributed by atoms with E-state index in [-0.39, 0.29) is 5.75 Å². The molecule has 4 nitrogen and oxygen atoms in total. The molecule has 0 fully saturated rings. The number of aromatic amines is 1. The summed E-state index contributed by atoms with van der Waals surface area (Å²) >= 11 is 3.52. The molecule has 1 aliphatic rings. The zero-order valence-corrected chi connectivity index (χ0v) is 14.0. The van der Waals surface area contributed by atoms with Crippen LogP contribution in [0.4, 0.5) is 0 Å². The third-order valence-corrected chi connectivity index (χ3v) is 5.56. The van der Waals surface area contributed by atoms with E-state index in [0.717, 1.165) is 30.2 Å². The number of rotatable bonds is 4. The molecule has 1 aromatic heterocycles. The van der Waals surface area contributed by atoms with Crippen molar-refractivity contribution in [2.45, 2.75) is 32.1 Å². The van der Waals surface area contributed by atoms with Crippen molar-refractivity contribution in [1.29, 1.82) is 0 Å². The first-order chi connectivity index (χ1) is 9.92. The molecule has 1 atom stereocenters. The first kappa shape index (κ1) is 15.1. The second-order valence-electron chi connectivity index (χ2n) is 5.81. The molecule has 0 saturated heterocycles. The van der Waals surface area contributed by atoms with Crippen LogP contribution in [0.5, 0.6) is 0 Å². The van der Waals surface area contributed by atoms with Crippen LogP contribution in [0.1, 0.15) is 30.5 Å². The molecule has 0 radical (unpaired) electrons. The van der Waals surface area contributed by atoms with Gasteiger partial charge in [0, 0.05) is 21.1 Å². The van der Waals surface area contributed by atoms with Crippen molar-refractivity contribution in [2.24, 2.45) is 5.92 Å². The van der Waals surface area contributed by atoms with Crippen LogP contribution in [0.15, 0.2) is 22.7 Å². The fraction of sp³-hybridized carbons (Fsp3) is 0.467. The van der Waals surface area contributed by atoms with Crippen LogP contribution in [-0.4, -0.2) is 23.7 Å². The Morgan fingerprint density at radius 3 is 2.95 bits per heavy atom. The molecule has 0 saturated carbocycles. The first-order valence-electron chi connectivity index (χ1n) is 7.16. The van der Waals surface area contributed by atoms with E-state index in [1.807, 2.05) is 6.07 Å². The molecule has 0 bridgehead atoms. The highest BCUT2D eigenvalue weighted by Crippen LogP contribution is 2.34. The van der Waals surface area contributed by atoms with Gasteiger partial charge in [-0.3, -0.25) is 4.55 Å². The van der Waals surface area contributed by atoms with E-state index in [2.05, 4.69) is 33.0 Å². The lowest BCUT2D eigenvalue weighted by atomic mass is 9.84. The van der Waals surface area contributed by atoms with E-state index in [0.29, 0.717) is 12.3 Å². The summed E-state index contributed by atoms with van der Waals surface area (Å²) in [6.07, 6.45) is 4.45. The summed E-state index contributed by atoms with van der Waals surface area (Å²) in [6.45, 7) is 0. The van der Waals surface area contributed by atoms with Crippen molar-refractivity contribution >= 4 is 37.0 Å². The fourth-order valence-corrected chi connectivity index (χ4v) is 4.17. The SMILES string of the molecule is O=S(=O)(O)CCCC1CCc2c([nH]c3ccc(Br)cc23)C1. The molecular formula is C15H18BrNO3S. The number of aromatic nitrogens is 1. The van der Waals surface area contributed by atoms with Gasteiger partial charge in [-0.25, -0.2) is 0 Å². The summed E-state index contributed by atoms with van der Waals surface area (Å²) in [5.74, 6) is 0.367. The topological polar surface area (TPSA) is 70.2 Å². The second-order valence-corrected chi connectivity index (χ2v) is 8.30. The zero-order valence-electron chi connectivity index (χ0n) is 11.6. The van der Waals surface area contributed by atoms with Gasteiger partial charge in [-0.1, -0.05) is 15.9 Å². The van der Waals surface area contributed by atoms with Gasteiger partial charge in [-0.15, -0.1) is 0 Å². The summed E-state index contributed by atoms with van der Waals surface area (Å²) in [5, 5.41) is 1.29. The van der Waals surface area contributed by atoms with Gasteiger partial charge >= 0.3 is 0 Å². The minimum absolute atomic E-state index is 0.129. The maximum absolute atomic E-state index is 10.8. The lowest BCUT2D eigenvalue weighted by Gasteiger charge is -2.22. The molecule has 21 heavy (non-hydrogen) atoms. The summed E-state index contributed by atoms with van der Waals surface area (Å²) in [5.41, 5.74) is 3.85. The predicted molar refractivity (Wildman–Crippen MR) is 87.2 cm³/mol.